The number of piperidine rings is 1. The van der Waals surface area contributed by atoms with Crippen LogP contribution in [0.3, 0.4) is 0 Å². The summed E-state index contributed by atoms with van der Waals surface area (Å²) in [5, 5.41) is 8.13. The Kier molecular flexibility index (Phi) is 5.36. The van der Waals surface area contributed by atoms with Crippen LogP contribution >= 0.6 is 0 Å². The Labute approximate surface area is 189 Å². The molecule has 0 unspecified atom stereocenters. The van der Waals surface area contributed by atoms with Gasteiger partial charge in [0.2, 0.25) is 5.95 Å². The third-order valence-corrected chi connectivity index (χ3v) is 6.77. The summed E-state index contributed by atoms with van der Waals surface area (Å²) in [6.45, 7) is 1.59. The summed E-state index contributed by atoms with van der Waals surface area (Å²) in [7, 11) is -3.50. The van der Waals surface area contributed by atoms with Crippen molar-refractivity contribution in [2.75, 3.05) is 29.6 Å². The Morgan fingerprint density at radius 2 is 1.85 bits per heavy atom. The number of rotatable bonds is 5. The van der Waals surface area contributed by atoms with E-state index in [0.29, 0.717) is 16.9 Å². The summed E-state index contributed by atoms with van der Waals surface area (Å²) in [6, 6.07) is 5.67. The Hall–Kier alpha value is -3.67. The van der Waals surface area contributed by atoms with Crippen molar-refractivity contribution in [2.24, 2.45) is 0 Å². The van der Waals surface area contributed by atoms with Crippen LogP contribution in [-0.4, -0.2) is 57.5 Å². The summed E-state index contributed by atoms with van der Waals surface area (Å²) in [6.07, 6.45) is 9.27. The largest absolute Gasteiger partial charge is 0.341 e. The predicted molar refractivity (Wildman–Crippen MR) is 121 cm³/mol. The van der Waals surface area contributed by atoms with Crippen molar-refractivity contribution >= 4 is 38.3 Å². The van der Waals surface area contributed by atoms with Gasteiger partial charge in [-0.05, 0) is 37.1 Å². The van der Waals surface area contributed by atoms with Crippen molar-refractivity contribution in [3.8, 4) is 0 Å². The van der Waals surface area contributed by atoms with Gasteiger partial charge in [0.15, 0.2) is 15.5 Å². The molecule has 1 saturated heterocycles. The lowest BCUT2D eigenvalue weighted by Crippen LogP contribution is -2.36. The van der Waals surface area contributed by atoms with Gasteiger partial charge in [-0.15, -0.1) is 0 Å². The van der Waals surface area contributed by atoms with E-state index in [-0.39, 0.29) is 16.6 Å². The van der Waals surface area contributed by atoms with Crippen LogP contribution in [0.1, 0.15) is 18.9 Å². The average Bonchev–Trinajstić information content (AvgIpc) is 3.25. The van der Waals surface area contributed by atoms with Crippen LogP contribution < -0.4 is 10.2 Å². The highest BCUT2D eigenvalue weighted by Gasteiger charge is 2.25. The Balaban J connectivity index is 1.37. The van der Waals surface area contributed by atoms with Crippen LogP contribution in [0.25, 0.3) is 11.0 Å². The summed E-state index contributed by atoms with van der Waals surface area (Å²) in [4.78, 5) is 19.3. The molecule has 4 heterocycles. The topological polar surface area (TPSA) is 119 Å². The molecule has 0 bridgehead atoms. The van der Waals surface area contributed by atoms with Gasteiger partial charge < -0.3 is 10.2 Å². The molecule has 1 aromatic carbocycles. The van der Waals surface area contributed by atoms with Gasteiger partial charge in [0.1, 0.15) is 18.0 Å². The highest BCUT2D eigenvalue weighted by atomic mass is 32.2. The molecule has 5 rings (SSSR count). The number of hydrogen-bond acceptors (Lipinski definition) is 9. The minimum Gasteiger partial charge on any atom is -0.341 e. The number of fused-ring (bicyclic) bond motifs is 1. The van der Waals surface area contributed by atoms with Gasteiger partial charge in [0, 0.05) is 31.7 Å². The Bertz CT molecular complexity index is 1400. The molecule has 0 saturated carbocycles. The number of nitrogens with zero attached hydrogens (tertiary/aromatic N) is 7. The maximum Gasteiger partial charge on any atom is 0.225 e. The highest BCUT2D eigenvalue weighted by molar-refractivity contribution is 7.90. The number of sulfone groups is 1. The standard InChI is InChI=1S/C21H21FN8O2S/c1-33(31,32)15-3-4-18(17(22)11-15)28-19-16-12-27-30(20(16)26-13-25-19)14-5-9-29(10-6-14)21-23-7-2-8-24-21/h2-4,7-8,11-14H,5-6,9-10H2,1H3,(H,25,26,28). The Morgan fingerprint density at radius 3 is 2.55 bits per heavy atom. The van der Waals surface area contributed by atoms with Crippen LogP contribution in [0, 0.1) is 5.82 Å². The van der Waals surface area contributed by atoms with E-state index in [4.69, 9.17) is 0 Å². The lowest BCUT2D eigenvalue weighted by molar-refractivity contribution is 0.372. The summed E-state index contributed by atoms with van der Waals surface area (Å²) in [5.74, 6) is 0.430. The number of nitrogens with one attached hydrogen (secondary N) is 1. The van der Waals surface area contributed by atoms with E-state index in [9.17, 15) is 12.8 Å². The first-order valence-corrected chi connectivity index (χ1v) is 12.3. The molecular formula is C21H21FN8O2S. The van der Waals surface area contributed by atoms with Gasteiger partial charge in [-0.3, -0.25) is 0 Å². The van der Waals surface area contributed by atoms with Crippen molar-refractivity contribution in [1.82, 2.24) is 29.7 Å². The van der Waals surface area contributed by atoms with Gasteiger partial charge >= 0.3 is 0 Å². The first-order valence-electron chi connectivity index (χ1n) is 10.4. The summed E-state index contributed by atoms with van der Waals surface area (Å²) in [5.41, 5.74) is 0.765. The molecule has 0 atom stereocenters. The van der Waals surface area contributed by atoms with Crippen molar-refractivity contribution in [1.29, 1.82) is 0 Å². The number of anilines is 3. The average molecular weight is 469 g/mol. The molecule has 1 N–H and O–H groups in total. The van der Waals surface area contributed by atoms with Crippen molar-refractivity contribution < 1.29 is 12.8 Å². The minimum absolute atomic E-state index is 0.0848. The smallest absolute Gasteiger partial charge is 0.225 e. The monoisotopic (exact) mass is 468 g/mol. The quantitative estimate of drug-likeness (QED) is 0.471. The van der Waals surface area contributed by atoms with E-state index >= 15 is 0 Å². The highest BCUT2D eigenvalue weighted by Crippen LogP contribution is 2.30. The molecule has 0 spiro atoms. The molecule has 10 nitrogen and oxygen atoms in total. The first kappa shape index (κ1) is 21.2. The van der Waals surface area contributed by atoms with Crippen molar-refractivity contribution in [2.45, 2.75) is 23.8 Å². The second kappa shape index (κ2) is 8.35. The molecule has 170 valence electrons. The van der Waals surface area contributed by atoms with Crippen LogP contribution in [-0.2, 0) is 9.84 Å². The van der Waals surface area contributed by atoms with E-state index in [0.717, 1.165) is 44.2 Å². The van der Waals surface area contributed by atoms with Crippen molar-refractivity contribution in [3.05, 3.63) is 55.0 Å². The molecule has 1 fully saturated rings. The molecule has 4 aromatic rings. The minimum atomic E-state index is -3.50. The molecule has 3 aromatic heterocycles. The Morgan fingerprint density at radius 1 is 1.09 bits per heavy atom. The number of aromatic nitrogens is 6. The fourth-order valence-electron chi connectivity index (χ4n) is 3.95. The van der Waals surface area contributed by atoms with Gasteiger partial charge in [-0.2, -0.15) is 5.10 Å². The maximum absolute atomic E-state index is 14.5. The zero-order valence-corrected chi connectivity index (χ0v) is 18.6. The second-order valence-electron chi connectivity index (χ2n) is 7.85. The normalized spacial score (nSPS) is 15.2. The molecule has 12 heteroatoms. The zero-order valence-electron chi connectivity index (χ0n) is 17.8. The number of halogens is 1. The number of benzene rings is 1. The third-order valence-electron chi connectivity index (χ3n) is 5.66. The lowest BCUT2D eigenvalue weighted by Gasteiger charge is -2.32. The molecule has 0 aliphatic carbocycles. The van der Waals surface area contributed by atoms with Gasteiger partial charge in [0.25, 0.3) is 0 Å². The molecule has 1 aliphatic heterocycles. The van der Waals surface area contributed by atoms with Crippen LogP contribution in [0.5, 0.6) is 0 Å². The molecule has 33 heavy (non-hydrogen) atoms. The molecule has 1 aliphatic rings. The van der Waals surface area contributed by atoms with Crippen molar-refractivity contribution in [3.63, 3.8) is 0 Å². The van der Waals surface area contributed by atoms with E-state index in [1.807, 2.05) is 4.68 Å². The maximum atomic E-state index is 14.5. The van der Waals surface area contributed by atoms with Crippen LogP contribution in [0.15, 0.2) is 54.1 Å². The molecule has 0 radical (unpaired) electrons. The zero-order chi connectivity index (χ0) is 23.0. The fraction of sp³-hybridized carbons (Fsp3) is 0.286. The molecule has 0 amide bonds. The van der Waals surface area contributed by atoms with Gasteiger partial charge in [-0.1, -0.05) is 0 Å². The van der Waals surface area contributed by atoms with E-state index < -0.39 is 15.7 Å². The molecular weight excluding hydrogens is 447 g/mol. The SMILES string of the molecule is CS(=O)(=O)c1ccc(Nc2ncnc3c2cnn3C2CCN(c3ncccn3)CC2)c(F)c1. The van der Waals surface area contributed by atoms with Gasteiger partial charge in [0.05, 0.1) is 28.2 Å². The third kappa shape index (κ3) is 4.21. The first-order chi connectivity index (χ1) is 15.9. The lowest BCUT2D eigenvalue weighted by atomic mass is 10.1. The van der Waals surface area contributed by atoms with Gasteiger partial charge in [-0.25, -0.2) is 37.4 Å². The van der Waals surface area contributed by atoms with E-state index in [1.54, 1.807) is 24.7 Å². The van der Waals surface area contributed by atoms with Crippen LogP contribution in [0.4, 0.5) is 21.8 Å². The van der Waals surface area contributed by atoms with E-state index in [1.165, 1.54) is 18.5 Å². The number of hydrogen-bond donors (Lipinski definition) is 1. The van der Waals surface area contributed by atoms with E-state index in [2.05, 4.69) is 35.3 Å². The van der Waals surface area contributed by atoms with Crippen LogP contribution in [0.2, 0.25) is 0 Å². The second-order valence-corrected chi connectivity index (χ2v) is 9.87. The summed E-state index contributed by atoms with van der Waals surface area (Å²) < 4.78 is 39.7. The predicted octanol–water partition coefficient (Wildman–Crippen LogP) is 2.74. The summed E-state index contributed by atoms with van der Waals surface area (Å²) >= 11 is 0. The fourth-order valence-corrected chi connectivity index (χ4v) is 4.58.